The second-order valence-corrected chi connectivity index (χ2v) is 6.37. The highest BCUT2D eigenvalue weighted by atomic mass is 79.9. The van der Waals surface area contributed by atoms with Crippen molar-refractivity contribution in [2.75, 3.05) is 13.2 Å². The molecule has 4 nitrogen and oxygen atoms in total. The predicted molar refractivity (Wildman–Crippen MR) is 86.9 cm³/mol. The number of esters is 1. The summed E-state index contributed by atoms with van der Waals surface area (Å²) in [6.07, 6.45) is 0.293. The average molecular weight is 473 g/mol. The van der Waals surface area contributed by atoms with Crippen LogP contribution in [0.4, 0.5) is 0 Å². The lowest BCUT2D eigenvalue weighted by Gasteiger charge is -2.18. The van der Waals surface area contributed by atoms with Crippen molar-refractivity contribution in [1.29, 1.82) is 0 Å². The van der Waals surface area contributed by atoms with Gasteiger partial charge in [-0.2, -0.15) is 0 Å². The summed E-state index contributed by atoms with van der Waals surface area (Å²) in [4.78, 5) is 11.1. The number of hydrogen-bond acceptors (Lipinski definition) is 4. The van der Waals surface area contributed by atoms with Crippen LogP contribution in [0.1, 0.15) is 5.56 Å². The molecular weight excluding hydrogens is 460 g/mol. The van der Waals surface area contributed by atoms with Gasteiger partial charge in [-0.3, -0.25) is 0 Å². The summed E-state index contributed by atoms with van der Waals surface area (Å²) in [5, 5.41) is 9.16. The second kappa shape index (κ2) is 8.17. The van der Waals surface area contributed by atoms with Gasteiger partial charge in [0.15, 0.2) is 6.10 Å². The van der Waals surface area contributed by atoms with Crippen molar-refractivity contribution >= 4 is 53.8 Å². The van der Waals surface area contributed by atoms with E-state index in [-0.39, 0.29) is 13.2 Å². The van der Waals surface area contributed by atoms with Crippen LogP contribution >= 0.6 is 47.8 Å². The molecule has 1 aromatic rings. The van der Waals surface area contributed by atoms with E-state index in [1.54, 1.807) is 0 Å². The van der Waals surface area contributed by atoms with Gasteiger partial charge in [0.05, 0.1) is 15.6 Å². The van der Waals surface area contributed by atoms with Gasteiger partial charge in [-0.05, 0) is 50.4 Å². The summed E-state index contributed by atoms with van der Waals surface area (Å²) in [5.41, 5.74) is 0.979. The first-order valence-corrected chi connectivity index (χ1v) is 7.99. The van der Waals surface area contributed by atoms with Crippen molar-refractivity contribution in [3.8, 4) is 5.75 Å². The van der Waals surface area contributed by atoms with E-state index in [0.29, 0.717) is 5.75 Å². The fraction of sp³-hybridized carbons (Fsp3) is 0.308. The molecule has 0 saturated carbocycles. The summed E-state index contributed by atoms with van der Waals surface area (Å²) in [7, 11) is 0. The molecule has 1 unspecified atom stereocenters. The molecule has 0 fully saturated rings. The van der Waals surface area contributed by atoms with Crippen LogP contribution in [0, 0.1) is 6.92 Å². The first-order valence-electron chi connectivity index (χ1n) is 5.61. The lowest BCUT2D eigenvalue weighted by Crippen LogP contribution is -2.28. The molecule has 0 amide bonds. The minimum absolute atomic E-state index is 0.0361. The Balaban J connectivity index is 2.81. The molecule has 0 aliphatic rings. The molecule has 0 spiro atoms. The number of hydrogen-bond donors (Lipinski definition) is 1. The summed E-state index contributed by atoms with van der Waals surface area (Å²) in [6, 6.07) is 1.86. The summed E-state index contributed by atoms with van der Waals surface area (Å²) in [5.74, 6) is -0.0171. The first kappa shape index (κ1) is 17.7. The van der Waals surface area contributed by atoms with Crippen molar-refractivity contribution in [1.82, 2.24) is 0 Å². The molecule has 0 bridgehead atoms. The van der Waals surface area contributed by atoms with Crippen molar-refractivity contribution in [2.45, 2.75) is 13.0 Å². The Hall–Kier alpha value is -0.370. The van der Waals surface area contributed by atoms with Gasteiger partial charge in [0, 0.05) is 10.5 Å². The lowest BCUT2D eigenvalue weighted by atomic mass is 10.2. The molecular formula is C13H13Br3O4. The molecule has 0 heterocycles. The van der Waals surface area contributed by atoms with Gasteiger partial charge in [0.2, 0.25) is 0 Å². The molecule has 0 aliphatic carbocycles. The Morgan fingerprint density at radius 3 is 2.65 bits per heavy atom. The minimum atomic E-state index is -0.747. The van der Waals surface area contributed by atoms with E-state index in [0.717, 1.165) is 25.1 Å². The van der Waals surface area contributed by atoms with Gasteiger partial charge in [-0.15, -0.1) is 0 Å². The van der Waals surface area contributed by atoms with Gasteiger partial charge in [0.1, 0.15) is 12.4 Å². The van der Waals surface area contributed by atoms with Crippen LogP contribution in [0.25, 0.3) is 0 Å². The fourth-order valence-electron chi connectivity index (χ4n) is 1.31. The van der Waals surface area contributed by atoms with Crippen LogP contribution in [0.2, 0.25) is 0 Å². The number of benzene rings is 1. The van der Waals surface area contributed by atoms with Crippen molar-refractivity contribution in [3.63, 3.8) is 0 Å². The van der Waals surface area contributed by atoms with Crippen LogP contribution in [0.15, 0.2) is 32.1 Å². The summed E-state index contributed by atoms with van der Waals surface area (Å²) >= 11 is 10.3. The molecule has 1 aromatic carbocycles. The Morgan fingerprint density at radius 2 is 2.10 bits per heavy atom. The number of aliphatic hydroxyl groups excluding tert-OH is 1. The zero-order valence-corrected chi connectivity index (χ0v) is 15.4. The molecule has 0 aromatic heterocycles. The third-order valence-corrected chi connectivity index (χ3v) is 4.79. The fourth-order valence-corrected chi connectivity index (χ4v) is 3.66. The molecule has 110 valence electrons. The second-order valence-electron chi connectivity index (χ2n) is 3.86. The normalized spacial score (nSPS) is 11.8. The van der Waals surface area contributed by atoms with E-state index in [2.05, 4.69) is 54.4 Å². The van der Waals surface area contributed by atoms with Crippen LogP contribution in [-0.4, -0.2) is 30.4 Å². The lowest BCUT2D eigenvalue weighted by molar-refractivity contribution is -0.146. The average Bonchev–Trinajstić information content (AvgIpc) is 2.43. The Labute approximate surface area is 142 Å². The Kier molecular flexibility index (Phi) is 7.22. The molecule has 0 aliphatic heterocycles. The predicted octanol–water partition coefficient (Wildman–Crippen LogP) is 3.75. The summed E-state index contributed by atoms with van der Waals surface area (Å²) < 4.78 is 13.0. The van der Waals surface area contributed by atoms with Gasteiger partial charge in [-0.1, -0.05) is 22.5 Å². The molecule has 7 heteroatoms. The number of carbonyl (C=O) groups is 1. The van der Waals surface area contributed by atoms with Crippen LogP contribution in [0.5, 0.6) is 5.75 Å². The van der Waals surface area contributed by atoms with E-state index in [9.17, 15) is 4.79 Å². The first-order chi connectivity index (χ1) is 9.40. The van der Waals surface area contributed by atoms with Crippen molar-refractivity contribution in [2.24, 2.45) is 0 Å². The van der Waals surface area contributed by atoms with Crippen molar-refractivity contribution in [3.05, 3.63) is 37.7 Å². The van der Waals surface area contributed by atoms with E-state index < -0.39 is 12.1 Å². The maximum atomic E-state index is 11.1. The smallest absolute Gasteiger partial charge is 0.330 e. The summed E-state index contributed by atoms with van der Waals surface area (Å²) in [6.45, 7) is 4.93. The number of carbonyl (C=O) groups excluding carboxylic acids is 1. The van der Waals surface area contributed by atoms with E-state index in [1.807, 2.05) is 13.0 Å². The number of ether oxygens (including phenoxy) is 2. The molecule has 1 atom stereocenters. The molecule has 0 radical (unpaired) electrons. The molecule has 1 N–H and O–H groups in total. The maximum absolute atomic E-state index is 11.1. The highest BCUT2D eigenvalue weighted by Gasteiger charge is 2.17. The standard InChI is InChI=1S/C13H13Br3O4/c1-3-11(18)20-8(5-17)6-19-13-10(15)4-9(14)7(2)12(13)16/h3-4,8,17H,1,5-6H2,2H3. The quantitative estimate of drug-likeness (QED) is 0.506. The zero-order chi connectivity index (χ0) is 15.3. The number of aliphatic hydroxyl groups is 1. The zero-order valence-electron chi connectivity index (χ0n) is 10.7. The number of rotatable bonds is 6. The third-order valence-electron chi connectivity index (χ3n) is 2.42. The van der Waals surface area contributed by atoms with Crippen LogP contribution in [-0.2, 0) is 9.53 Å². The van der Waals surface area contributed by atoms with Crippen LogP contribution < -0.4 is 4.74 Å². The monoisotopic (exact) mass is 470 g/mol. The minimum Gasteiger partial charge on any atom is -0.487 e. The van der Waals surface area contributed by atoms with Gasteiger partial charge in [-0.25, -0.2) is 4.79 Å². The Morgan fingerprint density at radius 1 is 1.45 bits per heavy atom. The highest BCUT2D eigenvalue weighted by Crippen LogP contribution is 2.39. The topological polar surface area (TPSA) is 55.8 Å². The molecule has 1 rings (SSSR count). The van der Waals surface area contributed by atoms with E-state index in [1.165, 1.54) is 0 Å². The molecule has 20 heavy (non-hydrogen) atoms. The largest absolute Gasteiger partial charge is 0.487 e. The van der Waals surface area contributed by atoms with E-state index >= 15 is 0 Å². The SMILES string of the molecule is C=CC(=O)OC(CO)COc1c(Br)cc(Br)c(C)c1Br. The number of halogens is 3. The van der Waals surface area contributed by atoms with Gasteiger partial charge >= 0.3 is 5.97 Å². The third kappa shape index (κ3) is 4.58. The van der Waals surface area contributed by atoms with Crippen molar-refractivity contribution < 1.29 is 19.4 Å². The van der Waals surface area contributed by atoms with Gasteiger partial charge in [0.25, 0.3) is 0 Å². The highest BCUT2D eigenvalue weighted by molar-refractivity contribution is 9.11. The molecule has 0 saturated heterocycles. The van der Waals surface area contributed by atoms with Gasteiger partial charge < -0.3 is 14.6 Å². The van der Waals surface area contributed by atoms with E-state index in [4.69, 9.17) is 14.6 Å². The maximum Gasteiger partial charge on any atom is 0.330 e. The Bertz CT molecular complexity index is 517. The van der Waals surface area contributed by atoms with Crippen LogP contribution in [0.3, 0.4) is 0 Å².